The Morgan fingerprint density at radius 3 is 2.77 bits per heavy atom. The molecule has 0 spiro atoms. The molecule has 2 heterocycles. The van der Waals surface area contributed by atoms with E-state index in [1.165, 1.54) is 29.5 Å². The predicted molar refractivity (Wildman–Crippen MR) is 97.4 cm³/mol. The smallest absolute Gasteiger partial charge is 0.254 e. The van der Waals surface area contributed by atoms with Crippen molar-refractivity contribution >= 4 is 28.1 Å². The fraction of sp³-hybridized carbons (Fsp3) is 0.278. The molecule has 0 radical (unpaired) electrons. The summed E-state index contributed by atoms with van der Waals surface area (Å²) in [6, 6.07) is 4.91. The topological polar surface area (TPSA) is 75.5 Å². The lowest BCUT2D eigenvalue weighted by Crippen LogP contribution is -2.49. The second-order valence-corrected chi connectivity index (χ2v) is 7.09. The van der Waals surface area contributed by atoms with Gasteiger partial charge in [0.15, 0.2) is 4.96 Å². The molecule has 0 saturated carbocycles. The first kappa shape index (κ1) is 18.1. The highest BCUT2D eigenvalue weighted by atomic mass is 32.1. The van der Waals surface area contributed by atoms with Crippen LogP contribution < -0.4 is 10.6 Å². The van der Waals surface area contributed by atoms with Crippen molar-refractivity contribution < 1.29 is 14.0 Å². The molecule has 2 N–H and O–H groups in total. The number of amides is 2. The maximum atomic E-state index is 13.8. The van der Waals surface area contributed by atoms with Gasteiger partial charge < -0.3 is 10.6 Å². The van der Waals surface area contributed by atoms with Gasteiger partial charge in [0.1, 0.15) is 11.9 Å². The van der Waals surface area contributed by atoms with E-state index in [9.17, 15) is 14.0 Å². The number of rotatable bonds is 6. The maximum absolute atomic E-state index is 13.8. The molecule has 2 amide bonds. The van der Waals surface area contributed by atoms with Gasteiger partial charge >= 0.3 is 0 Å². The van der Waals surface area contributed by atoms with Crippen LogP contribution in [0, 0.1) is 11.7 Å². The molecule has 136 valence electrons. The van der Waals surface area contributed by atoms with Gasteiger partial charge in [-0.25, -0.2) is 9.37 Å². The van der Waals surface area contributed by atoms with Crippen LogP contribution in [-0.2, 0) is 11.3 Å². The van der Waals surface area contributed by atoms with Crippen molar-refractivity contribution in [2.24, 2.45) is 5.92 Å². The summed E-state index contributed by atoms with van der Waals surface area (Å²) in [5.74, 6) is -1.72. The van der Waals surface area contributed by atoms with Gasteiger partial charge in [0.2, 0.25) is 5.91 Å². The highest BCUT2D eigenvalue weighted by Crippen LogP contribution is 2.12. The molecule has 1 aromatic carbocycles. The minimum absolute atomic E-state index is 0.0831. The molecule has 0 aliphatic rings. The number of benzene rings is 1. The van der Waals surface area contributed by atoms with E-state index in [1.807, 2.05) is 36.0 Å². The van der Waals surface area contributed by atoms with Crippen molar-refractivity contribution in [3.8, 4) is 0 Å². The van der Waals surface area contributed by atoms with E-state index in [-0.39, 0.29) is 23.9 Å². The highest BCUT2D eigenvalue weighted by Gasteiger charge is 2.25. The van der Waals surface area contributed by atoms with Gasteiger partial charge in [-0.15, -0.1) is 11.3 Å². The SMILES string of the molecule is CC(C)C(NC(=O)c1ccccc1F)C(=O)NCc1cn2ccsc2n1. The number of halogens is 1. The average molecular weight is 374 g/mol. The number of thiazole rings is 1. The van der Waals surface area contributed by atoms with Gasteiger partial charge in [-0.3, -0.25) is 14.0 Å². The van der Waals surface area contributed by atoms with E-state index in [4.69, 9.17) is 0 Å². The lowest BCUT2D eigenvalue weighted by Gasteiger charge is -2.21. The number of imidazole rings is 1. The standard InChI is InChI=1S/C18H19FN4O2S/c1-11(2)15(22-16(24)13-5-3-4-6-14(13)19)17(25)20-9-12-10-23-7-8-26-18(23)21-12/h3-8,10-11,15H,9H2,1-2H3,(H,20,25)(H,22,24). The molecule has 0 fully saturated rings. The average Bonchev–Trinajstić information content (AvgIpc) is 3.19. The van der Waals surface area contributed by atoms with Crippen LogP contribution in [-0.4, -0.2) is 27.2 Å². The molecule has 3 aromatic rings. The fourth-order valence-electron chi connectivity index (χ4n) is 2.55. The molecule has 0 aliphatic heterocycles. The van der Waals surface area contributed by atoms with Crippen molar-refractivity contribution in [2.45, 2.75) is 26.4 Å². The Morgan fingerprint density at radius 2 is 2.08 bits per heavy atom. The summed E-state index contributed by atoms with van der Waals surface area (Å²) in [4.78, 5) is 30.1. The number of nitrogens with one attached hydrogen (secondary N) is 2. The number of carbonyl (C=O) groups excluding carboxylic acids is 2. The summed E-state index contributed by atoms with van der Waals surface area (Å²) in [5, 5.41) is 7.33. The van der Waals surface area contributed by atoms with Crippen LogP contribution in [0.5, 0.6) is 0 Å². The normalized spacial score (nSPS) is 12.3. The summed E-state index contributed by atoms with van der Waals surface area (Å²) in [5.41, 5.74) is 0.647. The number of hydrogen-bond donors (Lipinski definition) is 2. The first-order valence-electron chi connectivity index (χ1n) is 8.20. The van der Waals surface area contributed by atoms with Crippen molar-refractivity contribution in [2.75, 3.05) is 0 Å². The van der Waals surface area contributed by atoms with Crippen LogP contribution in [0.2, 0.25) is 0 Å². The van der Waals surface area contributed by atoms with Crippen LogP contribution in [0.1, 0.15) is 29.9 Å². The van der Waals surface area contributed by atoms with Gasteiger partial charge in [-0.1, -0.05) is 26.0 Å². The molecule has 8 heteroatoms. The van der Waals surface area contributed by atoms with Crippen LogP contribution in [0.15, 0.2) is 42.0 Å². The Balaban J connectivity index is 1.64. The summed E-state index contributed by atoms with van der Waals surface area (Å²) in [7, 11) is 0. The zero-order valence-electron chi connectivity index (χ0n) is 14.4. The summed E-state index contributed by atoms with van der Waals surface area (Å²) < 4.78 is 15.6. The Labute approximate surface area is 154 Å². The summed E-state index contributed by atoms with van der Waals surface area (Å²) in [6.07, 6.45) is 3.73. The van der Waals surface area contributed by atoms with Gasteiger partial charge in [-0.05, 0) is 18.1 Å². The molecule has 0 saturated heterocycles. The van der Waals surface area contributed by atoms with Crippen LogP contribution in [0.4, 0.5) is 4.39 Å². The number of aromatic nitrogens is 2. The predicted octanol–water partition coefficient (Wildman–Crippen LogP) is 2.61. The molecular formula is C18H19FN4O2S. The molecule has 1 atom stereocenters. The Morgan fingerprint density at radius 1 is 1.31 bits per heavy atom. The second-order valence-electron chi connectivity index (χ2n) is 6.22. The van der Waals surface area contributed by atoms with Crippen LogP contribution in [0.3, 0.4) is 0 Å². The minimum atomic E-state index is -0.772. The lowest BCUT2D eigenvalue weighted by atomic mass is 10.0. The number of fused-ring (bicyclic) bond motifs is 1. The maximum Gasteiger partial charge on any atom is 0.254 e. The molecule has 3 rings (SSSR count). The van der Waals surface area contributed by atoms with Crippen molar-refractivity contribution in [3.05, 3.63) is 59.1 Å². The third kappa shape index (κ3) is 3.91. The van der Waals surface area contributed by atoms with Crippen molar-refractivity contribution in [1.82, 2.24) is 20.0 Å². The van der Waals surface area contributed by atoms with E-state index in [0.717, 1.165) is 10.7 Å². The summed E-state index contributed by atoms with van der Waals surface area (Å²) in [6.45, 7) is 3.89. The Kier molecular flexibility index (Phi) is 5.32. The number of carbonyl (C=O) groups is 2. The third-order valence-electron chi connectivity index (χ3n) is 3.94. The highest BCUT2D eigenvalue weighted by molar-refractivity contribution is 7.15. The van der Waals surface area contributed by atoms with E-state index in [1.54, 1.807) is 6.07 Å². The van der Waals surface area contributed by atoms with E-state index in [0.29, 0.717) is 0 Å². The first-order chi connectivity index (χ1) is 12.5. The van der Waals surface area contributed by atoms with Crippen molar-refractivity contribution in [1.29, 1.82) is 0 Å². The van der Waals surface area contributed by atoms with Gasteiger partial charge in [0, 0.05) is 17.8 Å². The molecule has 26 heavy (non-hydrogen) atoms. The second kappa shape index (κ2) is 7.65. The quantitative estimate of drug-likeness (QED) is 0.696. The lowest BCUT2D eigenvalue weighted by molar-refractivity contribution is -0.124. The third-order valence-corrected chi connectivity index (χ3v) is 4.71. The number of hydrogen-bond acceptors (Lipinski definition) is 4. The van der Waals surface area contributed by atoms with Crippen molar-refractivity contribution in [3.63, 3.8) is 0 Å². The van der Waals surface area contributed by atoms with Crippen LogP contribution in [0.25, 0.3) is 4.96 Å². The molecule has 1 unspecified atom stereocenters. The van der Waals surface area contributed by atoms with Gasteiger partial charge in [-0.2, -0.15) is 0 Å². The molecule has 0 aliphatic carbocycles. The van der Waals surface area contributed by atoms with Gasteiger partial charge in [0.25, 0.3) is 5.91 Å². The van der Waals surface area contributed by atoms with Crippen LogP contribution >= 0.6 is 11.3 Å². The number of nitrogens with zero attached hydrogens (tertiary/aromatic N) is 2. The largest absolute Gasteiger partial charge is 0.349 e. The zero-order valence-corrected chi connectivity index (χ0v) is 15.2. The molecule has 2 aromatic heterocycles. The monoisotopic (exact) mass is 374 g/mol. The Hall–Kier alpha value is -2.74. The first-order valence-corrected chi connectivity index (χ1v) is 9.08. The minimum Gasteiger partial charge on any atom is -0.349 e. The molecular weight excluding hydrogens is 355 g/mol. The molecule has 6 nitrogen and oxygen atoms in total. The van der Waals surface area contributed by atoms with E-state index < -0.39 is 17.8 Å². The van der Waals surface area contributed by atoms with E-state index in [2.05, 4.69) is 15.6 Å². The zero-order chi connectivity index (χ0) is 18.7. The Bertz CT molecular complexity index is 906. The fourth-order valence-corrected chi connectivity index (χ4v) is 3.27. The van der Waals surface area contributed by atoms with E-state index >= 15 is 0 Å². The van der Waals surface area contributed by atoms with Gasteiger partial charge in [0.05, 0.1) is 17.8 Å². The molecule has 0 bridgehead atoms. The summed E-state index contributed by atoms with van der Waals surface area (Å²) >= 11 is 1.51.